The Bertz CT molecular complexity index is 1100. The van der Waals surface area contributed by atoms with Crippen LogP contribution in [0.15, 0.2) is 46.9 Å². The molecule has 3 aromatic rings. The molecule has 1 amide bonds. The number of fused-ring (bicyclic) bond motifs is 3. The van der Waals surface area contributed by atoms with E-state index in [1.54, 1.807) is 12.1 Å². The Kier molecular flexibility index (Phi) is 5.38. The van der Waals surface area contributed by atoms with Gasteiger partial charge in [-0.1, -0.05) is 6.07 Å². The second kappa shape index (κ2) is 8.11. The topological polar surface area (TPSA) is 51.5 Å². The number of amides is 1. The third-order valence-electron chi connectivity index (χ3n) is 5.22. The highest BCUT2D eigenvalue weighted by Gasteiger charge is 2.20. The fourth-order valence-electron chi connectivity index (χ4n) is 3.89. The van der Waals surface area contributed by atoms with Crippen molar-refractivity contribution < 1.29 is 18.3 Å². The van der Waals surface area contributed by atoms with Crippen molar-refractivity contribution in [1.82, 2.24) is 0 Å². The molecule has 0 spiro atoms. The number of rotatable bonds is 5. The molecule has 4 nitrogen and oxygen atoms in total. The fourth-order valence-corrected chi connectivity index (χ4v) is 3.89. The number of nitrogens with one attached hydrogen (secondary N) is 1. The first-order valence-corrected chi connectivity index (χ1v) is 10.0. The zero-order valence-corrected chi connectivity index (χ0v) is 16.7. The second-order valence-corrected chi connectivity index (χ2v) is 7.32. The minimum Gasteiger partial charge on any atom is -0.493 e. The summed E-state index contributed by atoms with van der Waals surface area (Å²) in [4.78, 5) is 12.5. The molecular formula is C24H24FNO3. The Hall–Kier alpha value is -3.08. The lowest BCUT2D eigenvalue weighted by Crippen LogP contribution is -2.09. The summed E-state index contributed by atoms with van der Waals surface area (Å²) in [5.41, 5.74) is 4.16. The molecule has 0 aliphatic heterocycles. The molecule has 0 atom stereocenters. The third-order valence-corrected chi connectivity index (χ3v) is 5.22. The zero-order valence-electron chi connectivity index (χ0n) is 16.7. The molecule has 0 fully saturated rings. The van der Waals surface area contributed by atoms with Crippen LogP contribution in [0.25, 0.3) is 16.5 Å². The molecule has 1 aliphatic rings. The fraction of sp³-hybridized carbons (Fsp3) is 0.292. The lowest BCUT2D eigenvalue weighted by atomic mass is 9.94. The van der Waals surface area contributed by atoms with Gasteiger partial charge in [0.25, 0.3) is 0 Å². The standard InChI is InChI=1S/C24H24FNO3/c1-3-28-22-14-23-20(18-9-4-5-10-21(18)29-23)13-19(22)15(2)11-24(27)26-17-8-6-7-16(25)12-17/h6-8,11-14H,3-5,9-10H2,1-2H3,(H,26,27)/b15-11+. The van der Waals surface area contributed by atoms with E-state index >= 15 is 0 Å². The van der Waals surface area contributed by atoms with Crippen LogP contribution in [0.4, 0.5) is 10.1 Å². The molecule has 0 saturated heterocycles. The molecule has 1 N–H and O–H groups in total. The summed E-state index contributed by atoms with van der Waals surface area (Å²) in [7, 11) is 0. The minimum absolute atomic E-state index is 0.315. The number of carbonyl (C=O) groups excluding carboxylic acids is 1. The lowest BCUT2D eigenvalue weighted by Gasteiger charge is -2.12. The highest BCUT2D eigenvalue weighted by atomic mass is 19.1. The monoisotopic (exact) mass is 393 g/mol. The van der Waals surface area contributed by atoms with Crippen molar-refractivity contribution in [3.8, 4) is 5.75 Å². The SMILES string of the molecule is CCOc1cc2oc3c(c2cc1/C(C)=C/C(=O)Nc1cccc(F)c1)CCCC3. The summed E-state index contributed by atoms with van der Waals surface area (Å²) < 4.78 is 25.2. The van der Waals surface area contributed by atoms with Crippen LogP contribution in [0, 0.1) is 5.82 Å². The Balaban J connectivity index is 1.69. The van der Waals surface area contributed by atoms with Crippen molar-refractivity contribution in [3.05, 3.63) is 65.2 Å². The molecule has 0 unspecified atom stereocenters. The van der Waals surface area contributed by atoms with Crippen molar-refractivity contribution in [3.63, 3.8) is 0 Å². The number of furan rings is 1. The van der Waals surface area contributed by atoms with Gasteiger partial charge in [0.15, 0.2) is 0 Å². The molecular weight excluding hydrogens is 369 g/mol. The first-order valence-electron chi connectivity index (χ1n) is 10.0. The molecule has 150 valence electrons. The summed E-state index contributed by atoms with van der Waals surface area (Å²) in [6, 6.07) is 9.83. The molecule has 1 aromatic heterocycles. The van der Waals surface area contributed by atoms with Gasteiger partial charge in [-0.25, -0.2) is 4.39 Å². The smallest absolute Gasteiger partial charge is 0.248 e. The van der Waals surface area contributed by atoms with Gasteiger partial charge in [0, 0.05) is 40.8 Å². The average molecular weight is 393 g/mol. The van der Waals surface area contributed by atoms with Gasteiger partial charge < -0.3 is 14.5 Å². The highest BCUT2D eigenvalue weighted by molar-refractivity contribution is 6.04. The first-order chi connectivity index (χ1) is 14.0. The maximum atomic E-state index is 13.3. The predicted octanol–water partition coefficient (Wildman–Crippen LogP) is 5.89. The molecule has 2 aromatic carbocycles. The number of ether oxygens (including phenoxy) is 1. The molecule has 0 saturated carbocycles. The number of halogens is 1. The summed E-state index contributed by atoms with van der Waals surface area (Å²) in [5, 5.41) is 3.80. The number of anilines is 1. The second-order valence-electron chi connectivity index (χ2n) is 7.32. The summed E-state index contributed by atoms with van der Waals surface area (Å²) in [6.07, 6.45) is 5.81. The Labute approximate surface area is 169 Å². The molecule has 5 heteroatoms. The quantitative estimate of drug-likeness (QED) is 0.550. The van der Waals surface area contributed by atoms with Crippen molar-refractivity contribution in [2.75, 3.05) is 11.9 Å². The average Bonchev–Trinajstić information content (AvgIpc) is 3.05. The van der Waals surface area contributed by atoms with Crippen LogP contribution in [-0.4, -0.2) is 12.5 Å². The summed E-state index contributed by atoms with van der Waals surface area (Å²) in [5.74, 6) is 1.05. The van der Waals surface area contributed by atoms with E-state index in [0.717, 1.165) is 53.5 Å². The van der Waals surface area contributed by atoms with Crippen molar-refractivity contribution >= 4 is 28.1 Å². The van der Waals surface area contributed by atoms with E-state index in [1.165, 1.54) is 23.8 Å². The van der Waals surface area contributed by atoms with Gasteiger partial charge in [0.1, 0.15) is 22.9 Å². The van der Waals surface area contributed by atoms with Crippen LogP contribution in [0.5, 0.6) is 5.75 Å². The van der Waals surface area contributed by atoms with E-state index < -0.39 is 5.82 Å². The molecule has 1 heterocycles. The number of aryl methyl sites for hydroxylation is 2. The van der Waals surface area contributed by atoms with Crippen LogP contribution < -0.4 is 10.1 Å². The lowest BCUT2D eigenvalue weighted by molar-refractivity contribution is -0.111. The maximum absolute atomic E-state index is 13.3. The van der Waals surface area contributed by atoms with E-state index in [-0.39, 0.29) is 5.91 Å². The Morgan fingerprint density at radius 3 is 2.86 bits per heavy atom. The Morgan fingerprint density at radius 1 is 1.24 bits per heavy atom. The van der Waals surface area contributed by atoms with E-state index in [2.05, 4.69) is 11.4 Å². The number of hydrogen-bond acceptors (Lipinski definition) is 3. The van der Waals surface area contributed by atoms with Gasteiger partial charge in [0.2, 0.25) is 5.91 Å². The van der Waals surface area contributed by atoms with Gasteiger partial charge in [-0.15, -0.1) is 0 Å². The minimum atomic E-state index is -0.391. The van der Waals surface area contributed by atoms with Crippen LogP contribution in [0.3, 0.4) is 0 Å². The first kappa shape index (κ1) is 19.2. The highest BCUT2D eigenvalue weighted by Crippen LogP contribution is 2.38. The summed E-state index contributed by atoms with van der Waals surface area (Å²) in [6.45, 7) is 4.32. The van der Waals surface area contributed by atoms with Crippen LogP contribution in [-0.2, 0) is 17.6 Å². The van der Waals surface area contributed by atoms with Gasteiger partial charge >= 0.3 is 0 Å². The van der Waals surface area contributed by atoms with Crippen molar-refractivity contribution in [2.24, 2.45) is 0 Å². The number of carbonyl (C=O) groups is 1. The number of hydrogen-bond donors (Lipinski definition) is 1. The summed E-state index contributed by atoms with van der Waals surface area (Å²) >= 11 is 0. The number of benzene rings is 2. The molecule has 0 bridgehead atoms. The van der Waals surface area contributed by atoms with E-state index in [9.17, 15) is 9.18 Å². The largest absolute Gasteiger partial charge is 0.493 e. The van der Waals surface area contributed by atoms with Gasteiger partial charge in [0.05, 0.1) is 6.61 Å². The van der Waals surface area contributed by atoms with E-state index in [4.69, 9.17) is 9.15 Å². The van der Waals surface area contributed by atoms with Gasteiger partial charge in [-0.05, 0) is 62.9 Å². The molecule has 0 radical (unpaired) electrons. The third kappa shape index (κ3) is 4.04. The normalized spacial score (nSPS) is 14.0. The van der Waals surface area contributed by atoms with Crippen LogP contribution in [0.2, 0.25) is 0 Å². The van der Waals surface area contributed by atoms with Crippen LogP contribution in [0.1, 0.15) is 43.6 Å². The van der Waals surface area contributed by atoms with Gasteiger partial charge in [-0.3, -0.25) is 4.79 Å². The van der Waals surface area contributed by atoms with E-state index in [0.29, 0.717) is 18.0 Å². The molecule has 1 aliphatic carbocycles. The number of allylic oxidation sites excluding steroid dienone is 1. The van der Waals surface area contributed by atoms with E-state index in [1.807, 2.05) is 19.9 Å². The zero-order chi connectivity index (χ0) is 20.4. The predicted molar refractivity (Wildman–Crippen MR) is 113 cm³/mol. The Morgan fingerprint density at radius 2 is 2.07 bits per heavy atom. The maximum Gasteiger partial charge on any atom is 0.248 e. The molecule has 29 heavy (non-hydrogen) atoms. The van der Waals surface area contributed by atoms with Gasteiger partial charge in [-0.2, -0.15) is 0 Å². The van der Waals surface area contributed by atoms with Crippen LogP contribution >= 0.6 is 0 Å². The van der Waals surface area contributed by atoms with Crippen molar-refractivity contribution in [2.45, 2.75) is 39.5 Å². The van der Waals surface area contributed by atoms with Crippen molar-refractivity contribution in [1.29, 1.82) is 0 Å². The molecule has 4 rings (SSSR count).